The summed E-state index contributed by atoms with van der Waals surface area (Å²) in [6, 6.07) is 0. The highest BCUT2D eigenvalue weighted by Gasteiger charge is 1.97. The molecule has 0 aliphatic carbocycles. The Hall–Kier alpha value is -0.0400. The zero-order valence-electron chi connectivity index (χ0n) is 23.1. The summed E-state index contributed by atoms with van der Waals surface area (Å²) >= 11 is 0. The molecule has 1 aliphatic rings. The van der Waals surface area contributed by atoms with Gasteiger partial charge in [-0.15, -0.1) is 0 Å². The van der Waals surface area contributed by atoms with Gasteiger partial charge in [0, 0.05) is 0 Å². The largest absolute Gasteiger partial charge is 0.317 e. The predicted molar refractivity (Wildman–Crippen MR) is 151 cm³/mol. The fourth-order valence-corrected chi connectivity index (χ4v) is 5.57. The molecule has 1 heteroatoms. The summed E-state index contributed by atoms with van der Waals surface area (Å²) in [5, 5.41) is 3.68. The van der Waals surface area contributed by atoms with E-state index >= 15 is 0 Å². The van der Waals surface area contributed by atoms with E-state index in [4.69, 9.17) is 0 Å². The van der Waals surface area contributed by atoms with Gasteiger partial charge in [-0.3, -0.25) is 0 Å². The fraction of sp³-hybridized carbons (Fsp3) is 1.00. The first-order valence-corrected chi connectivity index (χ1v) is 16.2. The van der Waals surface area contributed by atoms with Gasteiger partial charge in [0.1, 0.15) is 0 Å². The minimum absolute atomic E-state index is 1.25. The molecular formula is C32H65N. The lowest BCUT2D eigenvalue weighted by atomic mass is 10.0. The molecule has 1 heterocycles. The van der Waals surface area contributed by atoms with E-state index in [2.05, 4.69) is 5.32 Å². The van der Waals surface area contributed by atoms with Crippen LogP contribution in [0.25, 0.3) is 0 Å². The highest BCUT2D eigenvalue weighted by molar-refractivity contribution is 4.54. The molecule has 1 fully saturated rings. The molecule has 0 spiro atoms. The van der Waals surface area contributed by atoms with Crippen molar-refractivity contribution in [3.05, 3.63) is 0 Å². The van der Waals surface area contributed by atoms with E-state index in [9.17, 15) is 0 Å². The van der Waals surface area contributed by atoms with Crippen molar-refractivity contribution in [2.75, 3.05) is 13.1 Å². The van der Waals surface area contributed by atoms with Crippen LogP contribution in [0.15, 0.2) is 0 Å². The monoisotopic (exact) mass is 464 g/mol. The Morgan fingerprint density at radius 2 is 0.273 bits per heavy atom. The Bertz CT molecular complexity index is 173. The minimum Gasteiger partial charge on any atom is -0.317 e. The lowest BCUT2D eigenvalue weighted by molar-refractivity contribution is 0.513. The van der Waals surface area contributed by atoms with E-state index in [-0.39, 0.29) is 0 Å². The van der Waals surface area contributed by atoms with Gasteiger partial charge >= 0.3 is 0 Å². The highest BCUT2D eigenvalue weighted by Crippen LogP contribution is 2.16. The minimum atomic E-state index is 1.25. The van der Waals surface area contributed by atoms with Crippen molar-refractivity contribution in [2.24, 2.45) is 0 Å². The van der Waals surface area contributed by atoms with E-state index in [1.54, 1.807) is 0 Å². The second-order valence-corrected chi connectivity index (χ2v) is 11.4. The summed E-state index contributed by atoms with van der Waals surface area (Å²) in [5.74, 6) is 0. The molecule has 0 aromatic heterocycles. The van der Waals surface area contributed by atoms with Crippen molar-refractivity contribution in [1.82, 2.24) is 5.32 Å². The van der Waals surface area contributed by atoms with Gasteiger partial charge in [-0.25, -0.2) is 0 Å². The molecule has 0 aromatic rings. The van der Waals surface area contributed by atoms with Crippen LogP contribution in [0.5, 0.6) is 0 Å². The number of nitrogens with one attached hydrogen (secondary N) is 1. The third-order valence-corrected chi connectivity index (χ3v) is 7.96. The van der Waals surface area contributed by atoms with Gasteiger partial charge in [0.25, 0.3) is 0 Å². The van der Waals surface area contributed by atoms with Gasteiger partial charge in [-0.2, -0.15) is 0 Å². The van der Waals surface area contributed by atoms with Crippen LogP contribution in [0.3, 0.4) is 0 Å². The van der Waals surface area contributed by atoms with Crippen molar-refractivity contribution < 1.29 is 0 Å². The summed E-state index contributed by atoms with van der Waals surface area (Å²) in [7, 11) is 0. The Balaban J connectivity index is 2.00. The van der Waals surface area contributed by atoms with Gasteiger partial charge in [0.15, 0.2) is 0 Å². The molecule has 0 amide bonds. The van der Waals surface area contributed by atoms with Crippen molar-refractivity contribution in [2.45, 2.75) is 193 Å². The van der Waals surface area contributed by atoms with Crippen LogP contribution in [-0.4, -0.2) is 13.1 Å². The Labute approximate surface area is 211 Å². The second-order valence-electron chi connectivity index (χ2n) is 11.4. The first-order chi connectivity index (χ1) is 16.5. The van der Waals surface area contributed by atoms with Crippen LogP contribution in [-0.2, 0) is 0 Å². The molecule has 1 saturated heterocycles. The van der Waals surface area contributed by atoms with Gasteiger partial charge in [-0.1, -0.05) is 180 Å². The first-order valence-electron chi connectivity index (χ1n) is 16.2. The first kappa shape index (κ1) is 31.0. The molecular weight excluding hydrogens is 398 g/mol. The van der Waals surface area contributed by atoms with Gasteiger partial charge in [0.05, 0.1) is 0 Å². The van der Waals surface area contributed by atoms with E-state index < -0.39 is 0 Å². The average molecular weight is 464 g/mol. The molecule has 33 heavy (non-hydrogen) atoms. The Morgan fingerprint density at radius 1 is 0.152 bits per heavy atom. The Morgan fingerprint density at radius 3 is 0.424 bits per heavy atom. The molecule has 0 radical (unpaired) electrons. The SMILES string of the molecule is C1CCCCCCCCCCCCCCCCNCCCCCCCCCCCCCCC1. The van der Waals surface area contributed by atoms with E-state index in [0.717, 1.165) is 0 Å². The summed E-state index contributed by atoms with van der Waals surface area (Å²) < 4.78 is 0. The lowest BCUT2D eigenvalue weighted by Gasteiger charge is -2.06. The molecule has 0 aromatic carbocycles. The number of hydrogen-bond acceptors (Lipinski definition) is 1. The predicted octanol–water partition coefficient (Wildman–Crippen LogP) is 11.3. The van der Waals surface area contributed by atoms with Crippen LogP contribution in [0, 0.1) is 0 Å². The molecule has 1 nitrogen and oxygen atoms in total. The fourth-order valence-electron chi connectivity index (χ4n) is 5.57. The quantitative estimate of drug-likeness (QED) is 0.376. The van der Waals surface area contributed by atoms with Crippen LogP contribution < -0.4 is 5.32 Å². The summed E-state index contributed by atoms with van der Waals surface area (Å²) in [4.78, 5) is 0. The maximum absolute atomic E-state index is 3.68. The Kier molecular flexibility index (Phi) is 26.5. The molecule has 198 valence electrons. The maximum Gasteiger partial charge on any atom is -0.00489 e. The molecule has 1 aliphatic heterocycles. The normalized spacial score (nSPS) is 24.0. The van der Waals surface area contributed by atoms with Crippen molar-refractivity contribution in [1.29, 1.82) is 0 Å². The number of hydrogen-bond donors (Lipinski definition) is 1. The van der Waals surface area contributed by atoms with Crippen molar-refractivity contribution >= 4 is 0 Å². The second kappa shape index (κ2) is 28.2. The zero-order chi connectivity index (χ0) is 23.3. The third kappa shape index (κ3) is 26.4. The van der Waals surface area contributed by atoms with Crippen molar-refractivity contribution in [3.8, 4) is 0 Å². The third-order valence-electron chi connectivity index (χ3n) is 7.96. The molecule has 0 unspecified atom stereocenters. The van der Waals surface area contributed by atoms with Gasteiger partial charge < -0.3 is 5.32 Å². The molecule has 1 rings (SSSR count). The summed E-state index contributed by atoms with van der Waals surface area (Å²) in [6.45, 7) is 2.50. The van der Waals surface area contributed by atoms with E-state index in [1.807, 2.05) is 0 Å². The smallest absolute Gasteiger partial charge is 0.00489 e. The summed E-state index contributed by atoms with van der Waals surface area (Å²) in [6.07, 6.45) is 44.3. The van der Waals surface area contributed by atoms with Crippen molar-refractivity contribution in [3.63, 3.8) is 0 Å². The van der Waals surface area contributed by atoms with Gasteiger partial charge in [0.2, 0.25) is 0 Å². The van der Waals surface area contributed by atoms with Crippen LogP contribution in [0.1, 0.15) is 193 Å². The van der Waals surface area contributed by atoms with Crippen LogP contribution >= 0.6 is 0 Å². The molecule has 0 atom stereocenters. The molecule has 0 saturated carbocycles. The highest BCUT2D eigenvalue weighted by atomic mass is 14.8. The van der Waals surface area contributed by atoms with Gasteiger partial charge in [-0.05, 0) is 25.9 Å². The van der Waals surface area contributed by atoms with Crippen LogP contribution in [0.2, 0.25) is 0 Å². The van der Waals surface area contributed by atoms with Crippen LogP contribution in [0.4, 0.5) is 0 Å². The molecule has 1 N–H and O–H groups in total. The van der Waals surface area contributed by atoms with E-state index in [1.165, 1.54) is 206 Å². The zero-order valence-corrected chi connectivity index (χ0v) is 23.1. The topological polar surface area (TPSA) is 12.0 Å². The lowest BCUT2D eigenvalue weighted by Crippen LogP contribution is -2.16. The number of rotatable bonds is 0. The molecule has 0 bridgehead atoms. The average Bonchev–Trinajstić information content (AvgIpc) is 2.83. The maximum atomic E-state index is 3.68. The standard InChI is InChI=1S/C32H65N/c1-2-4-6-8-10-12-14-16-18-20-22-24-26-28-30-32-33-31-29-27-25-23-21-19-17-15-13-11-9-7-5-3-1/h33H,1-32H2. The van der Waals surface area contributed by atoms with E-state index in [0.29, 0.717) is 0 Å². The summed E-state index contributed by atoms with van der Waals surface area (Å²) in [5.41, 5.74) is 0.